The number of halogens is 1. The van der Waals surface area contributed by atoms with Crippen molar-refractivity contribution in [3.8, 4) is 0 Å². The molecule has 0 aliphatic heterocycles. The molecule has 0 radical (unpaired) electrons. The van der Waals surface area contributed by atoms with Crippen molar-refractivity contribution >= 4 is 5.57 Å². The van der Waals surface area contributed by atoms with Crippen LogP contribution in [0.2, 0.25) is 0 Å². The van der Waals surface area contributed by atoms with Crippen molar-refractivity contribution in [2.45, 2.75) is 26.7 Å². The lowest BCUT2D eigenvalue weighted by Crippen LogP contribution is -1.93. The zero-order valence-electron chi connectivity index (χ0n) is 8.68. The van der Waals surface area contributed by atoms with Crippen molar-refractivity contribution in [3.05, 3.63) is 41.2 Å². The lowest BCUT2D eigenvalue weighted by atomic mass is 9.95. The van der Waals surface area contributed by atoms with E-state index in [0.29, 0.717) is 5.92 Å². The fraction of sp³-hybridized carbons (Fsp3) is 0.385. The SMILES string of the molecule is CC1=C(c2cccc(F)c2)C(C)CC1. The summed E-state index contributed by atoms with van der Waals surface area (Å²) in [4.78, 5) is 0. The predicted molar refractivity (Wildman–Crippen MR) is 57.4 cm³/mol. The molecule has 0 bridgehead atoms. The molecular formula is C13H15F. The highest BCUT2D eigenvalue weighted by molar-refractivity contribution is 5.71. The fourth-order valence-corrected chi connectivity index (χ4v) is 2.32. The van der Waals surface area contributed by atoms with Crippen LogP contribution in [0.5, 0.6) is 0 Å². The highest BCUT2D eigenvalue weighted by Gasteiger charge is 2.20. The summed E-state index contributed by atoms with van der Waals surface area (Å²) in [5.74, 6) is 0.443. The van der Waals surface area contributed by atoms with Crippen LogP contribution < -0.4 is 0 Å². The van der Waals surface area contributed by atoms with Crippen LogP contribution in [0.25, 0.3) is 5.57 Å². The third-order valence-corrected chi connectivity index (χ3v) is 3.04. The van der Waals surface area contributed by atoms with Gasteiger partial charge in [0.05, 0.1) is 0 Å². The molecule has 0 N–H and O–H groups in total. The van der Waals surface area contributed by atoms with Crippen LogP contribution in [0.3, 0.4) is 0 Å². The molecule has 1 unspecified atom stereocenters. The molecule has 1 atom stereocenters. The van der Waals surface area contributed by atoms with Gasteiger partial charge in [-0.25, -0.2) is 4.39 Å². The second-order valence-corrected chi connectivity index (χ2v) is 4.14. The summed E-state index contributed by atoms with van der Waals surface area (Å²) in [7, 11) is 0. The zero-order chi connectivity index (χ0) is 10.1. The minimum Gasteiger partial charge on any atom is -0.207 e. The maximum absolute atomic E-state index is 13.1. The highest BCUT2D eigenvalue weighted by Crippen LogP contribution is 2.38. The van der Waals surface area contributed by atoms with Gasteiger partial charge in [-0.15, -0.1) is 0 Å². The smallest absolute Gasteiger partial charge is 0.123 e. The van der Waals surface area contributed by atoms with E-state index in [0.717, 1.165) is 12.0 Å². The van der Waals surface area contributed by atoms with Gasteiger partial charge >= 0.3 is 0 Å². The minimum atomic E-state index is -0.137. The topological polar surface area (TPSA) is 0 Å². The monoisotopic (exact) mass is 190 g/mol. The molecule has 0 aromatic heterocycles. The Balaban J connectivity index is 2.44. The molecule has 1 aliphatic rings. The van der Waals surface area contributed by atoms with Gasteiger partial charge in [0.15, 0.2) is 0 Å². The first-order valence-corrected chi connectivity index (χ1v) is 5.14. The number of allylic oxidation sites excluding steroid dienone is 2. The summed E-state index contributed by atoms with van der Waals surface area (Å²) in [6.45, 7) is 4.38. The Labute approximate surface area is 84.5 Å². The van der Waals surface area contributed by atoms with Crippen molar-refractivity contribution in [1.82, 2.24) is 0 Å². The van der Waals surface area contributed by atoms with Crippen LogP contribution in [0.4, 0.5) is 4.39 Å². The van der Waals surface area contributed by atoms with Gasteiger partial charge in [-0.3, -0.25) is 0 Å². The highest BCUT2D eigenvalue weighted by atomic mass is 19.1. The Morgan fingerprint density at radius 1 is 1.36 bits per heavy atom. The van der Waals surface area contributed by atoms with Gasteiger partial charge in [0, 0.05) is 0 Å². The molecule has 1 heteroatoms. The average Bonchev–Trinajstić information content (AvgIpc) is 2.46. The molecule has 1 aliphatic carbocycles. The molecule has 0 saturated carbocycles. The van der Waals surface area contributed by atoms with Gasteiger partial charge in [0.25, 0.3) is 0 Å². The van der Waals surface area contributed by atoms with Gasteiger partial charge in [0.2, 0.25) is 0 Å². The Bertz CT molecular complexity index is 377. The summed E-state index contributed by atoms with van der Waals surface area (Å²) < 4.78 is 13.1. The average molecular weight is 190 g/mol. The van der Waals surface area contributed by atoms with E-state index < -0.39 is 0 Å². The molecule has 74 valence electrons. The van der Waals surface area contributed by atoms with Crippen LogP contribution in [0.1, 0.15) is 32.3 Å². The van der Waals surface area contributed by atoms with Gasteiger partial charge in [0.1, 0.15) is 5.82 Å². The second-order valence-electron chi connectivity index (χ2n) is 4.14. The molecule has 1 aromatic rings. The largest absolute Gasteiger partial charge is 0.207 e. The lowest BCUT2D eigenvalue weighted by Gasteiger charge is -2.10. The van der Waals surface area contributed by atoms with Crippen molar-refractivity contribution in [3.63, 3.8) is 0 Å². The van der Waals surface area contributed by atoms with E-state index in [4.69, 9.17) is 0 Å². The van der Waals surface area contributed by atoms with E-state index >= 15 is 0 Å². The van der Waals surface area contributed by atoms with E-state index in [1.165, 1.54) is 23.6 Å². The molecule has 0 spiro atoms. The predicted octanol–water partition coefficient (Wildman–Crippen LogP) is 4.03. The van der Waals surface area contributed by atoms with Crippen molar-refractivity contribution in [2.24, 2.45) is 5.92 Å². The van der Waals surface area contributed by atoms with E-state index in [2.05, 4.69) is 13.8 Å². The fourth-order valence-electron chi connectivity index (χ4n) is 2.32. The van der Waals surface area contributed by atoms with E-state index in [9.17, 15) is 4.39 Å². The molecule has 1 aromatic carbocycles. The molecule has 14 heavy (non-hydrogen) atoms. The van der Waals surface area contributed by atoms with E-state index in [1.54, 1.807) is 12.1 Å². The van der Waals surface area contributed by atoms with Crippen LogP contribution in [0.15, 0.2) is 29.8 Å². The Morgan fingerprint density at radius 2 is 2.14 bits per heavy atom. The third kappa shape index (κ3) is 1.59. The standard InChI is InChI=1S/C13H15F/c1-9-6-7-10(2)13(9)11-4-3-5-12(14)8-11/h3-5,8-9H,6-7H2,1-2H3. The lowest BCUT2D eigenvalue weighted by molar-refractivity contribution is 0.626. The molecular weight excluding hydrogens is 175 g/mol. The van der Waals surface area contributed by atoms with Crippen LogP contribution in [-0.2, 0) is 0 Å². The molecule has 0 heterocycles. The summed E-state index contributed by atoms with van der Waals surface area (Å²) >= 11 is 0. The van der Waals surface area contributed by atoms with Gasteiger partial charge < -0.3 is 0 Å². The summed E-state index contributed by atoms with van der Waals surface area (Å²) in [5, 5.41) is 0. The molecule has 0 nitrogen and oxygen atoms in total. The number of hydrogen-bond donors (Lipinski definition) is 0. The summed E-state index contributed by atoms with van der Waals surface area (Å²) in [6.07, 6.45) is 2.37. The van der Waals surface area contributed by atoms with Crippen molar-refractivity contribution < 1.29 is 4.39 Å². The van der Waals surface area contributed by atoms with Crippen LogP contribution in [-0.4, -0.2) is 0 Å². The third-order valence-electron chi connectivity index (χ3n) is 3.04. The number of benzene rings is 1. The maximum Gasteiger partial charge on any atom is 0.123 e. The maximum atomic E-state index is 13.1. The Kier molecular flexibility index (Phi) is 2.40. The van der Waals surface area contributed by atoms with Gasteiger partial charge in [-0.1, -0.05) is 24.6 Å². The van der Waals surface area contributed by atoms with Crippen molar-refractivity contribution in [2.75, 3.05) is 0 Å². The number of rotatable bonds is 1. The summed E-state index contributed by atoms with van der Waals surface area (Å²) in [6, 6.07) is 6.93. The van der Waals surface area contributed by atoms with Gasteiger partial charge in [-0.2, -0.15) is 0 Å². The Hall–Kier alpha value is -1.11. The second kappa shape index (κ2) is 3.56. The number of hydrogen-bond acceptors (Lipinski definition) is 0. The summed E-state index contributed by atoms with van der Waals surface area (Å²) in [5.41, 5.74) is 3.83. The van der Waals surface area contributed by atoms with E-state index in [-0.39, 0.29) is 5.82 Å². The Morgan fingerprint density at radius 3 is 2.71 bits per heavy atom. The van der Waals surface area contributed by atoms with Crippen LogP contribution >= 0.6 is 0 Å². The minimum absolute atomic E-state index is 0.137. The molecule has 0 saturated heterocycles. The van der Waals surface area contributed by atoms with Crippen molar-refractivity contribution in [1.29, 1.82) is 0 Å². The first-order valence-electron chi connectivity index (χ1n) is 5.14. The first kappa shape index (κ1) is 9.45. The first-order chi connectivity index (χ1) is 6.68. The molecule has 0 amide bonds. The zero-order valence-corrected chi connectivity index (χ0v) is 8.68. The van der Waals surface area contributed by atoms with Gasteiger partial charge in [-0.05, 0) is 49.0 Å². The quantitative estimate of drug-likeness (QED) is 0.627. The normalized spacial score (nSPS) is 21.8. The molecule has 2 rings (SSSR count). The van der Waals surface area contributed by atoms with E-state index in [1.807, 2.05) is 6.07 Å². The molecule has 0 fully saturated rings. The van der Waals surface area contributed by atoms with Crippen LogP contribution in [0, 0.1) is 11.7 Å².